The van der Waals surface area contributed by atoms with E-state index in [0.29, 0.717) is 0 Å². The van der Waals surface area contributed by atoms with Crippen molar-refractivity contribution < 1.29 is 26.4 Å². The highest BCUT2D eigenvalue weighted by Crippen LogP contribution is 2.30. The van der Waals surface area contributed by atoms with Gasteiger partial charge in [0.1, 0.15) is 6.54 Å². The van der Waals surface area contributed by atoms with Gasteiger partial charge in [0.15, 0.2) is 0 Å². The van der Waals surface area contributed by atoms with Gasteiger partial charge in [0.25, 0.3) is 10.0 Å². The number of nitrogens with zero attached hydrogens (tertiary/aromatic N) is 1. The van der Waals surface area contributed by atoms with Crippen LogP contribution in [0.25, 0.3) is 0 Å². The second-order valence-corrected chi connectivity index (χ2v) is 9.89. The molecule has 3 aromatic carbocycles. The van der Waals surface area contributed by atoms with Gasteiger partial charge in [-0.2, -0.15) is 13.2 Å². The maximum absolute atomic E-state index is 13.4. The van der Waals surface area contributed by atoms with Crippen LogP contribution in [0.3, 0.4) is 0 Å². The van der Waals surface area contributed by atoms with Gasteiger partial charge in [0, 0.05) is 10.6 Å². The number of hydrogen-bond acceptors (Lipinski definition) is 4. The monoisotopic (exact) mass is 494 g/mol. The fraction of sp³-hybridized carbons (Fsp3) is 0.174. The number of rotatable bonds is 7. The Kier molecular flexibility index (Phi) is 7.38. The highest BCUT2D eigenvalue weighted by atomic mass is 32.2. The molecule has 0 bridgehead atoms. The average molecular weight is 495 g/mol. The number of nitrogens with one attached hydrogen (secondary N) is 1. The van der Waals surface area contributed by atoms with E-state index in [-0.39, 0.29) is 16.3 Å². The molecule has 3 rings (SSSR count). The van der Waals surface area contributed by atoms with Gasteiger partial charge in [-0.25, -0.2) is 8.42 Å². The second kappa shape index (κ2) is 9.88. The minimum absolute atomic E-state index is 0.0169. The fourth-order valence-electron chi connectivity index (χ4n) is 2.97. The van der Waals surface area contributed by atoms with Gasteiger partial charge in [-0.1, -0.05) is 17.7 Å². The van der Waals surface area contributed by atoms with Crippen molar-refractivity contribution in [2.75, 3.05) is 22.4 Å². The van der Waals surface area contributed by atoms with Gasteiger partial charge in [-0.15, -0.1) is 11.8 Å². The first-order valence-corrected chi connectivity index (χ1v) is 12.4. The third-order valence-corrected chi connectivity index (χ3v) is 7.28. The van der Waals surface area contributed by atoms with Crippen LogP contribution in [0.5, 0.6) is 0 Å². The highest BCUT2D eigenvalue weighted by molar-refractivity contribution is 7.98. The first kappa shape index (κ1) is 24.7. The van der Waals surface area contributed by atoms with Crippen LogP contribution in [-0.4, -0.2) is 27.1 Å². The molecule has 0 spiro atoms. The molecule has 10 heteroatoms. The predicted octanol–water partition coefficient (Wildman–Crippen LogP) is 5.57. The van der Waals surface area contributed by atoms with E-state index in [1.165, 1.54) is 23.9 Å². The third kappa shape index (κ3) is 6.08. The molecular formula is C23H21F3N2O3S2. The lowest BCUT2D eigenvalue weighted by atomic mass is 10.2. The molecule has 0 atom stereocenters. The molecule has 0 heterocycles. The number of benzene rings is 3. The van der Waals surface area contributed by atoms with Crippen LogP contribution in [0.15, 0.2) is 82.6 Å². The Morgan fingerprint density at radius 1 is 0.939 bits per heavy atom. The predicted molar refractivity (Wildman–Crippen MR) is 124 cm³/mol. The summed E-state index contributed by atoms with van der Waals surface area (Å²) in [7, 11) is -4.09. The minimum Gasteiger partial charge on any atom is -0.325 e. The molecular weight excluding hydrogens is 473 g/mol. The average Bonchev–Trinajstić information content (AvgIpc) is 2.78. The molecule has 33 heavy (non-hydrogen) atoms. The number of hydrogen-bond donors (Lipinski definition) is 1. The van der Waals surface area contributed by atoms with Crippen LogP contribution in [0.1, 0.15) is 11.1 Å². The largest absolute Gasteiger partial charge is 0.416 e. The molecule has 0 aliphatic carbocycles. The molecule has 0 saturated carbocycles. The number of anilines is 2. The van der Waals surface area contributed by atoms with Crippen molar-refractivity contribution in [3.63, 3.8) is 0 Å². The normalized spacial score (nSPS) is 11.8. The molecule has 1 amide bonds. The molecule has 0 saturated heterocycles. The molecule has 0 radical (unpaired) electrons. The van der Waals surface area contributed by atoms with Gasteiger partial charge in [-0.3, -0.25) is 9.10 Å². The Hall–Kier alpha value is -2.98. The Morgan fingerprint density at radius 3 is 2.03 bits per heavy atom. The molecule has 1 N–H and O–H groups in total. The third-order valence-electron chi connectivity index (χ3n) is 4.75. The van der Waals surface area contributed by atoms with E-state index in [1.54, 1.807) is 36.4 Å². The van der Waals surface area contributed by atoms with Gasteiger partial charge in [0.2, 0.25) is 5.91 Å². The Morgan fingerprint density at radius 2 is 1.52 bits per heavy atom. The summed E-state index contributed by atoms with van der Waals surface area (Å²) < 4.78 is 66.0. The molecule has 0 aliphatic heterocycles. The molecule has 0 unspecified atom stereocenters. The standard InChI is InChI=1S/C23H21F3N2O3S2/c1-16-3-9-19(10-4-16)28(33(30,31)21-13-11-20(32-2)12-14-21)15-22(29)27-18-7-5-17(6-8-18)23(24,25)26/h3-14H,15H2,1-2H3,(H,27,29). The summed E-state index contributed by atoms with van der Waals surface area (Å²) in [5.41, 5.74) is 0.475. The first-order chi connectivity index (χ1) is 15.5. The second-order valence-electron chi connectivity index (χ2n) is 7.15. The van der Waals surface area contributed by atoms with Crippen molar-refractivity contribution in [1.82, 2.24) is 0 Å². The number of aryl methyl sites for hydroxylation is 1. The molecule has 0 aromatic heterocycles. The summed E-state index contributed by atoms with van der Waals surface area (Å²) >= 11 is 1.47. The maximum atomic E-state index is 13.4. The van der Waals surface area contributed by atoms with E-state index in [1.807, 2.05) is 13.2 Å². The van der Waals surface area contributed by atoms with E-state index in [0.717, 1.165) is 39.0 Å². The number of carbonyl (C=O) groups excluding carboxylic acids is 1. The molecule has 174 valence electrons. The zero-order valence-corrected chi connectivity index (χ0v) is 19.4. The summed E-state index contributed by atoms with van der Waals surface area (Å²) in [6.07, 6.45) is -2.63. The van der Waals surface area contributed by atoms with E-state index >= 15 is 0 Å². The Balaban J connectivity index is 1.88. The maximum Gasteiger partial charge on any atom is 0.416 e. The lowest BCUT2D eigenvalue weighted by molar-refractivity contribution is -0.137. The number of sulfonamides is 1. The molecule has 0 aliphatic rings. The van der Waals surface area contributed by atoms with E-state index in [9.17, 15) is 26.4 Å². The lowest BCUT2D eigenvalue weighted by Gasteiger charge is -2.24. The van der Waals surface area contributed by atoms with Crippen molar-refractivity contribution in [2.24, 2.45) is 0 Å². The van der Waals surface area contributed by atoms with Crippen LogP contribution in [-0.2, 0) is 21.0 Å². The van der Waals surface area contributed by atoms with Gasteiger partial charge in [0.05, 0.1) is 16.1 Å². The zero-order chi connectivity index (χ0) is 24.2. The summed E-state index contributed by atoms with van der Waals surface area (Å²) in [5.74, 6) is -0.695. The highest BCUT2D eigenvalue weighted by Gasteiger charge is 2.30. The smallest absolute Gasteiger partial charge is 0.325 e. The fourth-order valence-corrected chi connectivity index (χ4v) is 4.80. The van der Waals surface area contributed by atoms with Crippen LogP contribution < -0.4 is 9.62 Å². The van der Waals surface area contributed by atoms with Gasteiger partial charge >= 0.3 is 6.18 Å². The summed E-state index contributed by atoms with van der Waals surface area (Å²) in [6.45, 7) is 1.29. The number of carbonyl (C=O) groups is 1. The number of alkyl halides is 3. The quantitative estimate of drug-likeness (QED) is 0.436. The van der Waals surface area contributed by atoms with Crippen molar-refractivity contribution in [3.05, 3.63) is 83.9 Å². The van der Waals surface area contributed by atoms with Crippen LogP contribution in [0.4, 0.5) is 24.5 Å². The Bertz CT molecular complexity index is 1210. The van der Waals surface area contributed by atoms with E-state index in [2.05, 4.69) is 5.32 Å². The minimum atomic E-state index is -4.50. The van der Waals surface area contributed by atoms with Gasteiger partial charge < -0.3 is 5.32 Å². The summed E-state index contributed by atoms with van der Waals surface area (Å²) in [4.78, 5) is 13.6. The SMILES string of the molecule is CSc1ccc(S(=O)(=O)N(CC(=O)Nc2ccc(C(F)(F)F)cc2)c2ccc(C)cc2)cc1. The lowest BCUT2D eigenvalue weighted by Crippen LogP contribution is -2.38. The topological polar surface area (TPSA) is 66.5 Å². The molecule has 0 fully saturated rings. The van der Waals surface area contributed by atoms with Crippen LogP contribution in [0, 0.1) is 6.92 Å². The zero-order valence-electron chi connectivity index (χ0n) is 17.8. The van der Waals surface area contributed by atoms with E-state index in [4.69, 9.17) is 0 Å². The van der Waals surface area contributed by atoms with Gasteiger partial charge in [-0.05, 0) is 73.8 Å². The number of thioether (sulfide) groups is 1. The van der Waals surface area contributed by atoms with Crippen molar-refractivity contribution in [2.45, 2.75) is 22.9 Å². The summed E-state index contributed by atoms with van der Waals surface area (Å²) in [5, 5.41) is 2.46. The van der Waals surface area contributed by atoms with Crippen molar-refractivity contribution in [1.29, 1.82) is 0 Å². The van der Waals surface area contributed by atoms with Crippen LogP contribution in [0.2, 0.25) is 0 Å². The van der Waals surface area contributed by atoms with Crippen molar-refractivity contribution in [3.8, 4) is 0 Å². The number of amides is 1. The Labute approximate surface area is 194 Å². The van der Waals surface area contributed by atoms with Crippen LogP contribution >= 0.6 is 11.8 Å². The number of halogens is 3. The van der Waals surface area contributed by atoms with Crippen molar-refractivity contribution >= 4 is 39.1 Å². The van der Waals surface area contributed by atoms with E-state index < -0.39 is 34.2 Å². The first-order valence-electron chi connectivity index (χ1n) is 9.71. The molecule has 3 aromatic rings. The molecule has 5 nitrogen and oxygen atoms in total. The summed E-state index contributed by atoms with van der Waals surface area (Å²) in [6, 6.07) is 16.8.